The Labute approximate surface area is 122 Å². The highest BCUT2D eigenvalue weighted by molar-refractivity contribution is 7.16. The number of hydrogen-bond donors (Lipinski definition) is 1. The summed E-state index contributed by atoms with van der Waals surface area (Å²) in [7, 11) is 2.08. The van der Waals surface area contributed by atoms with Gasteiger partial charge in [0.05, 0.1) is 16.6 Å². The Hall–Kier alpha value is -0.880. The van der Waals surface area contributed by atoms with Gasteiger partial charge in [-0.2, -0.15) is 5.10 Å². The Morgan fingerprint density at radius 2 is 2.32 bits per heavy atom. The molecule has 0 amide bonds. The van der Waals surface area contributed by atoms with Crippen molar-refractivity contribution in [3.05, 3.63) is 39.3 Å². The average Bonchev–Trinajstić information content (AvgIpc) is 3.00. The molecule has 19 heavy (non-hydrogen) atoms. The number of nitrogens with zero attached hydrogens (tertiary/aromatic N) is 3. The van der Waals surface area contributed by atoms with Gasteiger partial charge in [0.15, 0.2) is 0 Å². The number of aryl methyl sites for hydroxylation is 1. The fourth-order valence-corrected chi connectivity index (χ4v) is 3.24. The standard InChI is InChI=1S/C13H19ClN4S/c1-3-18-8-10(7-16-18)12(6-15)17(2)9-11-4-5-13(14)19-11/h4-5,7-8,12H,3,6,9,15H2,1-2H3. The van der Waals surface area contributed by atoms with Crippen LogP contribution in [0.15, 0.2) is 24.5 Å². The largest absolute Gasteiger partial charge is 0.329 e. The zero-order chi connectivity index (χ0) is 13.8. The number of hydrogen-bond acceptors (Lipinski definition) is 4. The van der Waals surface area contributed by atoms with E-state index in [9.17, 15) is 0 Å². The summed E-state index contributed by atoms with van der Waals surface area (Å²) in [5.74, 6) is 0. The molecule has 0 aliphatic rings. The van der Waals surface area contributed by atoms with Crippen molar-refractivity contribution >= 4 is 22.9 Å². The summed E-state index contributed by atoms with van der Waals surface area (Å²) >= 11 is 7.57. The van der Waals surface area contributed by atoms with E-state index < -0.39 is 0 Å². The maximum atomic E-state index is 5.96. The van der Waals surface area contributed by atoms with Gasteiger partial charge in [-0.3, -0.25) is 9.58 Å². The maximum Gasteiger partial charge on any atom is 0.0931 e. The van der Waals surface area contributed by atoms with E-state index in [-0.39, 0.29) is 6.04 Å². The van der Waals surface area contributed by atoms with Crippen molar-refractivity contribution in [3.63, 3.8) is 0 Å². The molecule has 0 spiro atoms. The van der Waals surface area contributed by atoms with Crippen molar-refractivity contribution < 1.29 is 0 Å². The normalized spacial score (nSPS) is 13.1. The van der Waals surface area contributed by atoms with Crippen molar-refractivity contribution in [3.8, 4) is 0 Å². The van der Waals surface area contributed by atoms with Crippen LogP contribution >= 0.6 is 22.9 Å². The van der Waals surface area contributed by atoms with Crippen LogP contribution in [0, 0.1) is 0 Å². The van der Waals surface area contributed by atoms with E-state index in [0.29, 0.717) is 6.54 Å². The smallest absolute Gasteiger partial charge is 0.0931 e. The first-order chi connectivity index (χ1) is 9.13. The number of aromatic nitrogens is 2. The molecule has 4 nitrogen and oxygen atoms in total. The van der Waals surface area contributed by atoms with E-state index in [1.54, 1.807) is 11.3 Å². The van der Waals surface area contributed by atoms with Crippen molar-refractivity contribution in [1.82, 2.24) is 14.7 Å². The number of nitrogens with two attached hydrogens (primary N) is 1. The Morgan fingerprint density at radius 1 is 1.53 bits per heavy atom. The van der Waals surface area contributed by atoms with Gasteiger partial charge in [-0.05, 0) is 26.1 Å². The molecule has 2 N–H and O–H groups in total. The van der Waals surface area contributed by atoms with Crippen molar-refractivity contribution in [2.24, 2.45) is 5.73 Å². The maximum absolute atomic E-state index is 5.96. The number of halogens is 1. The van der Waals surface area contributed by atoms with Gasteiger partial charge >= 0.3 is 0 Å². The molecule has 0 aliphatic heterocycles. The second-order valence-corrected chi connectivity index (χ2v) is 6.30. The third-order valence-electron chi connectivity index (χ3n) is 3.15. The van der Waals surface area contributed by atoms with Crippen LogP contribution in [0.5, 0.6) is 0 Å². The third kappa shape index (κ3) is 3.57. The van der Waals surface area contributed by atoms with Crippen LogP contribution in [-0.2, 0) is 13.1 Å². The molecule has 0 saturated carbocycles. The van der Waals surface area contributed by atoms with E-state index in [2.05, 4.69) is 36.2 Å². The van der Waals surface area contributed by atoms with Crippen molar-refractivity contribution in [1.29, 1.82) is 0 Å². The number of thiophene rings is 1. The van der Waals surface area contributed by atoms with E-state index in [1.807, 2.05) is 16.9 Å². The van der Waals surface area contributed by atoms with Gasteiger partial charge in [0.1, 0.15) is 0 Å². The van der Waals surface area contributed by atoms with Gasteiger partial charge in [0.2, 0.25) is 0 Å². The van der Waals surface area contributed by atoms with Crippen molar-refractivity contribution in [2.75, 3.05) is 13.6 Å². The van der Waals surface area contributed by atoms with Crippen LogP contribution in [0.1, 0.15) is 23.4 Å². The summed E-state index contributed by atoms with van der Waals surface area (Å²) in [4.78, 5) is 3.48. The minimum Gasteiger partial charge on any atom is -0.329 e. The Bertz CT molecular complexity index is 522. The molecule has 0 fully saturated rings. The first-order valence-electron chi connectivity index (χ1n) is 6.31. The fraction of sp³-hybridized carbons (Fsp3) is 0.462. The quantitative estimate of drug-likeness (QED) is 0.892. The first-order valence-corrected chi connectivity index (χ1v) is 7.50. The van der Waals surface area contributed by atoms with E-state index >= 15 is 0 Å². The molecule has 1 atom stereocenters. The number of likely N-dealkylation sites (N-methyl/N-ethyl adjacent to an activating group) is 1. The molecular weight excluding hydrogens is 280 g/mol. The average molecular weight is 299 g/mol. The van der Waals surface area contributed by atoms with Crippen LogP contribution in [0.25, 0.3) is 0 Å². The highest BCUT2D eigenvalue weighted by Gasteiger charge is 2.17. The molecule has 2 aromatic rings. The van der Waals surface area contributed by atoms with Crippen LogP contribution in [0.4, 0.5) is 0 Å². The minimum absolute atomic E-state index is 0.182. The molecule has 1 unspecified atom stereocenters. The monoisotopic (exact) mass is 298 g/mol. The first kappa shape index (κ1) is 14.5. The molecule has 0 aromatic carbocycles. The molecule has 2 heterocycles. The predicted octanol–water partition coefficient (Wildman–Crippen LogP) is 2.75. The van der Waals surface area contributed by atoms with Crippen LogP contribution in [0.3, 0.4) is 0 Å². The molecule has 6 heteroatoms. The molecule has 0 radical (unpaired) electrons. The van der Waals surface area contributed by atoms with Crippen molar-refractivity contribution in [2.45, 2.75) is 26.1 Å². The third-order valence-corrected chi connectivity index (χ3v) is 4.37. The molecular formula is C13H19ClN4S. The lowest BCUT2D eigenvalue weighted by Crippen LogP contribution is -2.29. The second-order valence-electron chi connectivity index (χ2n) is 4.50. The summed E-state index contributed by atoms with van der Waals surface area (Å²) in [6.07, 6.45) is 3.97. The lowest BCUT2D eigenvalue weighted by Gasteiger charge is -2.25. The fourth-order valence-electron chi connectivity index (χ4n) is 2.09. The highest BCUT2D eigenvalue weighted by atomic mass is 35.5. The molecule has 0 bridgehead atoms. The summed E-state index contributed by atoms with van der Waals surface area (Å²) in [5.41, 5.74) is 7.08. The van der Waals surface area contributed by atoms with E-state index in [1.165, 1.54) is 4.88 Å². The Balaban J connectivity index is 2.08. The molecule has 0 saturated heterocycles. The van der Waals surface area contributed by atoms with Crippen LogP contribution < -0.4 is 5.73 Å². The Morgan fingerprint density at radius 3 is 2.84 bits per heavy atom. The lowest BCUT2D eigenvalue weighted by atomic mass is 10.1. The van der Waals surface area contributed by atoms with E-state index in [0.717, 1.165) is 23.0 Å². The SMILES string of the molecule is CCn1cc(C(CN)N(C)Cc2ccc(Cl)s2)cn1. The minimum atomic E-state index is 0.182. The Kier molecular flexibility index (Phi) is 4.99. The summed E-state index contributed by atoms with van der Waals surface area (Å²) in [6.45, 7) is 4.37. The summed E-state index contributed by atoms with van der Waals surface area (Å²) in [6, 6.07) is 4.18. The van der Waals surface area contributed by atoms with Gasteiger partial charge < -0.3 is 5.73 Å². The van der Waals surface area contributed by atoms with Gasteiger partial charge in [-0.15, -0.1) is 11.3 Å². The van der Waals surface area contributed by atoms with E-state index in [4.69, 9.17) is 17.3 Å². The zero-order valence-electron chi connectivity index (χ0n) is 11.2. The number of rotatable bonds is 6. The molecule has 104 valence electrons. The second kappa shape index (κ2) is 6.52. The molecule has 2 rings (SSSR count). The van der Waals surface area contributed by atoms with Gasteiger partial charge in [-0.25, -0.2) is 0 Å². The summed E-state index contributed by atoms with van der Waals surface area (Å²) in [5, 5.41) is 4.31. The highest BCUT2D eigenvalue weighted by Crippen LogP contribution is 2.25. The van der Waals surface area contributed by atoms with Crippen LogP contribution in [-0.4, -0.2) is 28.3 Å². The molecule has 0 aliphatic carbocycles. The lowest BCUT2D eigenvalue weighted by molar-refractivity contribution is 0.244. The molecule has 2 aromatic heterocycles. The topological polar surface area (TPSA) is 47.1 Å². The van der Waals surface area contributed by atoms with Gasteiger partial charge in [0, 0.05) is 36.3 Å². The van der Waals surface area contributed by atoms with Gasteiger partial charge in [0.25, 0.3) is 0 Å². The zero-order valence-corrected chi connectivity index (χ0v) is 12.8. The predicted molar refractivity (Wildman–Crippen MR) is 80.5 cm³/mol. The summed E-state index contributed by atoms with van der Waals surface area (Å²) < 4.78 is 2.75. The van der Waals surface area contributed by atoms with Gasteiger partial charge in [-0.1, -0.05) is 11.6 Å². The van der Waals surface area contributed by atoms with Crippen LogP contribution in [0.2, 0.25) is 4.34 Å².